The van der Waals surface area contributed by atoms with Crippen LogP contribution in [0.1, 0.15) is 25.5 Å². The average molecular weight is 210 g/mol. The first-order chi connectivity index (χ1) is 7.00. The minimum absolute atomic E-state index is 0.108. The van der Waals surface area contributed by atoms with Gasteiger partial charge in [0.15, 0.2) is 0 Å². The highest BCUT2D eigenvalue weighted by Gasteiger charge is 2.13. The molecule has 0 fully saturated rings. The molecule has 1 rings (SSSR count). The predicted octanol–water partition coefficient (Wildman–Crippen LogP) is 1.35. The maximum Gasteiger partial charge on any atom is 0.234 e. The molecule has 0 aliphatic heterocycles. The molecule has 3 N–H and O–H groups in total. The zero-order valence-corrected chi connectivity index (χ0v) is 8.83. The number of amides is 1. The Morgan fingerprint density at radius 1 is 1.47 bits per heavy atom. The third-order valence-electron chi connectivity index (χ3n) is 2.28. The zero-order valence-electron chi connectivity index (χ0n) is 8.83. The summed E-state index contributed by atoms with van der Waals surface area (Å²) in [6.45, 7) is 3.53. The topological polar surface area (TPSA) is 55.1 Å². The number of primary amides is 1. The Morgan fingerprint density at radius 2 is 2.13 bits per heavy atom. The van der Waals surface area contributed by atoms with Gasteiger partial charge in [0.1, 0.15) is 5.82 Å². The predicted molar refractivity (Wildman–Crippen MR) is 56.6 cm³/mol. The SMILES string of the molecule is C[C@H](N[C@H](C)c1cccc(F)c1)C(N)=O. The van der Waals surface area contributed by atoms with Crippen LogP contribution >= 0.6 is 0 Å². The number of carbonyl (C=O) groups excluding carboxylic acids is 1. The third-order valence-corrected chi connectivity index (χ3v) is 2.28. The number of hydrogen-bond donors (Lipinski definition) is 2. The summed E-state index contributed by atoms with van der Waals surface area (Å²) in [5.41, 5.74) is 5.91. The summed E-state index contributed by atoms with van der Waals surface area (Å²) in [6, 6.07) is 5.72. The van der Waals surface area contributed by atoms with Crippen molar-refractivity contribution < 1.29 is 9.18 Å². The maximum atomic E-state index is 12.9. The molecule has 2 atom stereocenters. The molecule has 1 aromatic carbocycles. The third kappa shape index (κ3) is 3.32. The van der Waals surface area contributed by atoms with E-state index in [2.05, 4.69) is 5.32 Å². The van der Waals surface area contributed by atoms with Crippen LogP contribution in [0.5, 0.6) is 0 Å². The van der Waals surface area contributed by atoms with E-state index in [-0.39, 0.29) is 11.9 Å². The largest absolute Gasteiger partial charge is 0.368 e. The zero-order chi connectivity index (χ0) is 11.4. The van der Waals surface area contributed by atoms with Crippen molar-refractivity contribution in [3.05, 3.63) is 35.6 Å². The molecule has 0 radical (unpaired) electrons. The van der Waals surface area contributed by atoms with Gasteiger partial charge in [-0.2, -0.15) is 0 Å². The van der Waals surface area contributed by atoms with Crippen LogP contribution in [0, 0.1) is 5.82 Å². The fraction of sp³-hybridized carbons (Fsp3) is 0.364. The molecule has 15 heavy (non-hydrogen) atoms. The van der Waals surface area contributed by atoms with Crippen LogP contribution in [-0.2, 0) is 4.79 Å². The quantitative estimate of drug-likeness (QED) is 0.788. The Balaban J connectivity index is 2.68. The van der Waals surface area contributed by atoms with E-state index >= 15 is 0 Å². The summed E-state index contributed by atoms with van der Waals surface area (Å²) in [5.74, 6) is -0.703. The van der Waals surface area contributed by atoms with Crippen molar-refractivity contribution in [3.8, 4) is 0 Å². The van der Waals surface area contributed by atoms with Gasteiger partial charge in [-0.05, 0) is 31.5 Å². The molecule has 0 saturated heterocycles. The molecule has 4 heteroatoms. The molecule has 82 valence electrons. The monoisotopic (exact) mass is 210 g/mol. The average Bonchev–Trinajstić information content (AvgIpc) is 2.17. The van der Waals surface area contributed by atoms with Gasteiger partial charge in [-0.1, -0.05) is 12.1 Å². The molecular formula is C11H15FN2O. The van der Waals surface area contributed by atoms with Crippen molar-refractivity contribution >= 4 is 5.91 Å². The molecule has 3 nitrogen and oxygen atoms in total. The van der Waals surface area contributed by atoms with Crippen LogP contribution in [-0.4, -0.2) is 11.9 Å². The van der Waals surface area contributed by atoms with Gasteiger partial charge >= 0.3 is 0 Å². The van der Waals surface area contributed by atoms with Crippen molar-refractivity contribution in [1.82, 2.24) is 5.32 Å². The summed E-state index contributed by atoms with van der Waals surface area (Å²) in [6.07, 6.45) is 0. The van der Waals surface area contributed by atoms with Gasteiger partial charge in [-0.3, -0.25) is 10.1 Å². The van der Waals surface area contributed by atoms with Gasteiger partial charge in [-0.15, -0.1) is 0 Å². The smallest absolute Gasteiger partial charge is 0.234 e. The number of halogens is 1. The van der Waals surface area contributed by atoms with Crippen molar-refractivity contribution in [1.29, 1.82) is 0 Å². The number of nitrogens with one attached hydrogen (secondary N) is 1. The minimum atomic E-state index is -0.428. The van der Waals surface area contributed by atoms with Crippen LogP contribution in [0.15, 0.2) is 24.3 Å². The first-order valence-electron chi connectivity index (χ1n) is 4.81. The molecule has 0 heterocycles. The molecule has 1 amide bonds. The van der Waals surface area contributed by atoms with Gasteiger partial charge in [-0.25, -0.2) is 4.39 Å². The lowest BCUT2D eigenvalue weighted by Crippen LogP contribution is -2.40. The van der Waals surface area contributed by atoms with Crippen molar-refractivity contribution in [2.24, 2.45) is 5.73 Å². The second-order valence-electron chi connectivity index (χ2n) is 3.57. The number of carbonyl (C=O) groups is 1. The van der Waals surface area contributed by atoms with Gasteiger partial charge in [0.25, 0.3) is 0 Å². The van der Waals surface area contributed by atoms with Crippen LogP contribution in [0.3, 0.4) is 0 Å². The van der Waals surface area contributed by atoms with Crippen LogP contribution in [0.4, 0.5) is 4.39 Å². The Labute approximate surface area is 88.5 Å². The highest BCUT2D eigenvalue weighted by atomic mass is 19.1. The lowest BCUT2D eigenvalue weighted by molar-refractivity contribution is -0.119. The summed E-state index contributed by atoms with van der Waals surface area (Å²) in [5, 5.41) is 2.98. The fourth-order valence-corrected chi connectivity index (χ4v) is 1.33. The lowest BCUT2D eigenvalue weighted by atomic mass is 10.1. The first kappa shape index (κ1) is 11.7. The van der Waals surface area contributed by atoms with Crippen molar-refractivity contribution in [2.75, 3.05) is 0 Å². The van der Waals surface area contributed by atoms with E-state index in [4.69, 9.17) is 5.73 Å². The van der Waals surface area contributed by atoms with E-state index < -0.39 is 11.9 Å². The van der Waals surface area contributed by atoms with Crippen LogP contribution in [0.25, 0.3) is 0 Å². The first-order valence-corrected chi connectivity index (χ1v) is 4.81. The minimum Gasteiger partial charge on any atom is -0.368 e. The normalized spacial score (nSPS) is 14.6. The van der Waals surface area contributed by atoms with Crippen LogP contribution in [0.2, 0.25) is 0 Å². The van der Waals surface area contributed by atoms with Gasteiger partial charge in [0.2, 0.25) is 5.91 Å². The fourth-order valence-electron chi connectivity index (χ4n) is 1.33. The Morgan fingerprint density at radius 3 is 2.67 bits per heavy atom. The molecule has 0 bridgehead atoms. The van der Waals surface area contributed by atoms with E-state index in [1.54, 1.807) is 19.1 Å². The Bertz CT molecular complexity index is 354. The molecule has 0 aromatic heterocycles. The molecule has 0 unspecified atom stereocenters. The second-order valence-corrected chi connectivity index (χ2v) is 3.57. The number of rotatable bonds is 4. The summed E-state index contributed by atoms with van der Waals surface area (Å²) in [7, 11) is 0. The Kier molecular flexibility index (Phi) is 3.80. The summed E-state index contributed by atoms with van der Waals surface area (Å²) in [4.78, 5) is 10.8. The highest BCUT2D eigenvalue weighted by Crippen LogP contribution is 2.13. The molecular weight excluding hydrogens is 195 g/mol. The van der Waals surface area contributed by atoms with Crippen molar-refractivity contribution in [3.63, 3.8) is 0 Å². The Hall–Kier alpha value is -1.42. The molecule has 0 spiro atoms. The number of hydrogen-bond acceptors (Lipinski definition) is 2. The van der Waals surface area contributed by atoms with E-state index in [1.807, 2.05) is 6.92 Å². The lowest BCUT2D eigenvalue weighted by Gasteiger charge is -2.17. The molecule has 0 aliphatic rings. The molecule has 0 aliphatic carbocycles. The van der Waals surface area contributed by atoms with Gasteiger partial charge < -0.3 is 5.73 Å². The van der Waals surface area contributed by atoms with Crippen LogP contribution < -0.4 is 11.1 Å². The molecule has 1 aromatic rings. The van der Waals surface area contributed by atoms with E-state index in [1.165, 1.54) is 12.1 Å². The standard InChI is InChI=1S/C11H15FN2O/c1-7(14-8(2)11(13)15)9-4-3-5-10(12)6-9/h3-8,14H,1-2H3,(H2,13,15)/t7-,8+/m1/s1. The van der Waals surface area contributed by atoms with E-state index in [0.29, 0.717) is 0 Å². The van der Waals surface area contributed by atoms with Crippen molar-refractivity contribution in [2.45, 2.75) is 25.9 Å². The second kappa shape index (κ2) is 4.89. The number of benzene rings is 1. The summed E-state index contributed by atoms with van der Waals surface area (Å²) < 4.78 is 12.9. The van der Waals surface area contributed by atoms with Gasteiger partial charge in [0.05, 0.1) is 6.04 Å². The van der Waals surface area contributed by atoms with Gasteiger partial charge in [0, 0.05) is 6.04 Å². The number of nitrogens with two attached hydrogens (primary N) is 1. The van der Waals surface area contributed by atoms with E-state index in [9.17, 15) is 9.18 Å². The maximum absolute atomic E-state index is 12.9. The van der Waals surface area contributed by atoms with E-state index in [0.717, 1.165) is 5.56 Å². The summed E-state index contributed by atoms with van der Waals surface area (Å²) >= 11 is 0. The molecule has 0 saturated carbocycles. The highest BCUT2D eigenvalue weighted by molar-refractivity contribution is 5.79.